The second-order valence-electron chi connectivity index (χ2n) is 6.25. The van der Waals surface area contributed by atoms with Crippen LogP contribution in [0, 0.1) is 0 Å². The van der Waals surface area contributed by atoms with E-state index >= 15 is 0 Å². The van der Waals surface area contributed by atoms with Crippen molar-refractivity contribution in [3.63, 3.8) is 0 Å². The number of aromatic nitrogens is 5. The fourth-order valence-corrected chi connectivity index (χ4v) is 2.76. The molecule has 25 heavy (non-hydrogen) atoms. The lowest BCUT2D eigenvalue weighted by molar-refractivity contribution is -0.00119. The highest BCUT2D eigenvalue weighted by Crippen LogP contribution is 2.31. The predicted octanol–water partition coefficient (Wildman–Crippen LogP) is 2.73. The van der Waals surface area contributed by atoms with Crippen LogP contribution in [-0.2, 0) is 17.9 Å². The number of hydrogen-bond acceptors (Lipinski definition) is 7. The van der Waals surface area contributed by atoms with Crippen LogP contribution in [0.3, 0.4) is 0 Å². The lowest BCUT2D eigenvalue weighted by atomic mass is 10.1. The molecule has 0 N–H and O–H groups in total. The predicted molar refractivity (Wildman–Crippen MR) is 87.9 cm³/mol. The number of ether oxygens (including phenoxy) is 2. The van der Waals surface area contributed by atoms with Gasteiger partial charge in [-0.2, -0.15) is 4.98 Å². The van der Waals surface area contributed by atoms with Crippen molar-refractivity contribution in [2.45, 2.75) is 39.0 Å². The minimum Gasteiger partial charge on any atom is -0.497 e. The maximum absolute atomic E-state index is 6.01. The number of fused-ring (bicyclic) bond motifs is 1. The zero-order valence-electron chi connectivity index (χ0n) is 14.3. The van der Waals surface area contributed by atoms with Gasteiger partial charge in [0.15, 0.2) is 11.5 Å². The van der Waals surface area contributed by atoms with E-state index in [1.807, 2.05) is 42.8 Å². The quantitative estimate of drug-likeness (QED) is 0.721. The van der Waals surface area contributed by atoms with Gasteiger partial charge in [0.1, 0.15) is 11.9 Å². The molecular formula is C17H19N5O3. The number of rotatable bonds is 4. The van der Waals surface area contributed by atoms with Gasteiger partial charge in [0.05, 0.1) is 26.0 Å². The highest BCUT2D eigenvalue weighted by atomic mass is 16.5. The van der Waals surface area contributed by atoms with Crippen molar-refractivity contribution in [2.24, 2.45) is 0 Å². The molecule has 4 rings (SSSR count). The molecule has 3 aromatic rings. The van der Waals surface area contributed by atoms with Crippen LogP contribution < -0.4 is 4.74 Å². The Morgan fingerprint density at radius 1 is 1.24 bits per heavy atom. The Hall–Kier alpha value is -2.74. The smallest absolute Gasteiger partial charge is 0.280 e. The summed E-state index contributed by atoms with van der Waals surface area (Å²) in [5.41, 5.74) is 2.51. The fourth-order valence-electron chi connectivity index (χ4n) is 2.76. The Labute approximate surface area is 144 Å². The molecule has 1 aliphatic heterocycles. The third-order valence-electron chi connectivity index (χ3n) is 4.25. The third-order valence-corrected chi connectivity index (χ3v) is 4.25. The van der Waals surface area contributed by atoms with Crippen LogP contribution in [0.4, 0.5) is 0 Å². The van der Waals surface area contributed by atoms with Gasteiger partial charge in [-0.05, 0) is 17.7 Å². The molecule has 0 aliphatic carbocycles. The van der Waals surface area contributed by atoms with Crippen molar-refractivity contribution < 1.29 is 14.0 Å². The van der Waals surface area contributed by atoms with Gasteiger partial charge in [0.25, 0.3) is 5.89 Å². The first-order chi connectivity index (χ1) is 12.2. The number of nitrogens with zero attached hydrogens (tertiary/aromatic N) is 5. The maximum Gasteiger partial charge on any atom is 0.280 e. The molecule has 0 amide bonds. The van der Waals surface area contributed by atoms with Gasteiger partial charge in [-0.1, -0.05) is 36.4 Å². The van der Waals surface area contributed by atoms with Crippen molar-refractivity contribution in [2.75, 3.05) is 7.11 Å². The van der Waals surface area contributed by atoms with Crippen molar-refractivity contribution in [3.05, 3.63) is 41.3 Å². The zero-order chi connectivity index (χ0) is 17.4. The second kappa shape index (κ2) is 6.29. The largest absolute Gasteiger partial charge is 0.497 e. The van der Waals surface area contributed by atoms with Gasteiger partial charge in [0.2, 0.25) is 0 Å². The van der Waals surface area contributed by atoms with Gasteiger partial charge in [-0.15, -0.1) is 5.10 Å². The van der Waals surface area contributed by atoms with Crippen molar-refractivity contribution in [3.8, 4) is 17.3 Å². The van der Waals surface area contributed by atoms with Crippen LogP contribution in [-0.4, -0.2) is 32.2 Å². The molecular weight excluding hydrogens is 322 g/mol. The lowest BCUT2D eigenvalue weighted by Crippen LogP contribution is -2.22. The van der Waals surface area contributed by atoms with Crippen molar-refractivity contribution >= 4 is 0 Å². The number of hydrogen-bond donors (Lipinski definition) is 0. The molecule has 0 saturated carbocycles. The van der Waals surface area contributed by atoms with Crippen LogP contribution in [0.2, 0.25) is 0 Å². The molecule has 1 aromatic carbocycles. The number of methoxy groups -OCH3 is 1. The minimum absolute atomic E-state index is 0.0816. The molecule has 1 aliphatic rings. The van der Waals surface area contributed by atoms with E-state index in [0.717, 1.165) is 17.0 Å². The molecule has 0 fully saturated rings. The first kappa shape index (κ1) is 15.8. The Morgan fingerprint density at radius 2 is 2.04 bits per heavy atom. The monoisotopic (exact) mass is 341 g/mol. The molecule has 3 heterocycles. The maximum atomic E-state index is 6.01. The molecule has 8 heteroatoms. The zero-order valence-corrected chi connectivity index (χ0v) is 14.3. The fraction of sp³-hybridized carbons (Fsp3) is 0.412. The molecule has 130 valence electrons. The lowest BCUT2D eigenvalue weighted by Gasteiger charge is -2.24. The summed E-state index contributed by atoms with van der Waals surface area (Å²) in [5, 5.41) is 12.4. The molecule has 0 unspecified atom stereocenters. The Bertz CT molecular complexity index is 869. The highest BCUT2D eigenvalue weighted by molar-refractivity contribution is 5.49. The summed E-state index contributed by atoms with van der Waals surface area (Å²) in [6.45, 7) is 4.99. The molecule has 2 aromatic heterocycles. The van der Waals surface area contributed by atoms with Crippen molar-refractivity contribution in [1.82, 2.24) is 25.1 Å². The molecule has 1 atom stereocenters. The van der Waals surface area contributed by atoms with Gasteiger partial charge >= 0.3 is 0 Å². The summed E-state index contributed by atoms with van der Waals surface area (Å²) in [5.74, 6) is 2.06. The Balaban J connectivity index is 1.57. The van der Waals surface area contributed by atoms with Gasteiger partial charge in [0, 0.05) is 5.92 Å². The Kier molecular flexibility index (Phi) is 3.96. The molecule has 8 nitrogen and oxygen atoms in total. The average Bonchev–Trinajstić information content (AvgIpc) is 3.28. The standard InChI is InChI=1S/C17H19N5O3/c1-10(2)16-18-17(25-20-16)15-13-9-24-14(8-22(13)21-19-15)11-4-6-12(23-3)7-5-11/h4-7,10,14H,8-9H2,1-3H3/t14-/m1/s1. The van der Waals surface area contributed by atoms with E-state index in [0.29, 0.717) is 30.6 Å². The van der Waals surface area contributed by atoms with E-state index in [4.69, 9.17) is 14.0 Å². The van der Waals surface area contributed by atoms with Crippen LogP contribution >= 0.6 is 0 Å². The summed E-state index contributed by atoms with van der Waals surface area (Å²) >= 11 is 0. The normalized spacial score (nSPS) is 16.9. The van der Waals surface area contributed by atoms with Gasteiger partial charge in [-0.25, -0.2) is 4.68 Å². The summed E-state index contributed by atoms with van der Waals surface area (Å²) in [4.78, 5) is 4.39. The summed E-state index contributed by atoms with van der Waals surface area (Å²) in [7, 11) is 1.65. The van der Waals surface area contributed by atoms with E-state index in [1.165, 1.54) is 0 Å². The van der Waals surface area contributed by atoms with Gasteiger partial charge < -0.3 is 14.0 Å². The average molecular weight is 341 g/mol. The first-order valence-corrected chi connectivity index (χ1v) is 8.17. The van der Waals surface area contributed by atoms with E-state index in [-0.39, 0.29) is 12.0 Å². The number of benzene rings is 1. The summed E-state index contributed by atoms with van der Waals surface area (Å²) in [6.07, 6.45) is -0.0816. The van der Waals surface area contributed by atoms with Crippen molar-refractivity contribution in [1.29, 1.82) is 0 Å². The van der Waals surface area contributed by atoms with Gasteiger partial charge in [-0.3, -0.25) is 0 Å². The van der Waals surface area contributed by atoms with Crippen LogP contribution in [0.5, 0.6) is 5.75 Å². The van der Waals surface area contributed by atoms with E-state index in [2.05, 4.69) is 20.5 Å². The Morgan fingerprint density at radius 3 is 2.72 bits per heavy atom. The minimum atomic E-state index is -0.0816. The van der Waals surface area contributed by atoms with Crippen LogP contribution in [0.25, 0.3) is 11.6 Å². The van der Waals surface area contributed by atoms with E-state index in [1.54, 1.807) is 7.11 Å². The van der Waals surface area contributed by atoms with E-state index in [9.17, 15) is 0 Å². The third kappa shape index (κ3) is 2.89. The highest BCUT2D eigenvalue weighted by Gasteiger charge is 2.28. The molecule has 0 spiro atoms. The molecule has 0 radical (unpaired) electrons. The van der Waals surface area contributed by atoms with Crippen LogP contribution in [0.1, 0.15) is 43.0 Å². The second-order valence-corrected chi connectivity index (χ2v) is 6.25. The first-order valence-electron chi connectivity index (χ1n) is 8.17. The molecule has 0 bridgehead atoms. The summed E-state index contributed by atoms with van der Waals surface area (Å²) < 4.78 is 18.4. The summed E-state index contributed by atoms with van der Waals surface area (Å²) in [6, 6.07) is 7.85. The SMILES string of the molecule is COc1ccc([C@H]2Cn3nnc(-c4nc(C(C)C)no4)c3CO2)cc1. The molecule has 0 saturated heterocycles. The van der Waals surface area contributed by atoms with E-state index < -0.39 is 0 Å². The van der Waals surface area contributed by atoms with Crippen LogP contribution in [0.15, 0.2) is 28.8 Å². The topological polar surface area (TPSA) is 88.1 Å².